The normalized spacial score (nSPS) is 11.0. The van der Waals surface area contributed by atoms with Crippen LogP contribution in [0.3, 0.4) is 0 Å². The summed E-state index contributed by atoms with van der Waals surface area (Å²) in [5, 5.41) is 2.23. The summed E-state index contributed by atoms with van der Waals surface area (Å²) in [7, 11) is 0. The molecule has 0 fully saturated rings. The van der Waals surface area contributed by atoms with Gasteiger partial charge in [0, 0.05) is 10.8 Å². The molecule has 0 saturated heterocycles. The van der Waals surface area contributed by atoms with Crippen LogP contribution in [0.5, 0.6) is 23.5 Å². The third kappa shape index (κ3) is 3.64. The molecule has 0 bridgehead atoms. The Kier molecular flexibility index (Phi) is 4.66. The third-order valence-corrected chi connectivity index (χ3v) is 5.27. The van der Waals surface area contributed by atoms with Crippen molar-refractivity contribution < 1.29 is 9.47 Å². The van der Waals surface area contributed by atoms with Crippen molar-refractivity contribution in [3.05, 3.63) is 109 Å². The van der Waals surface area contributed by atoms with Crippen LogP contribution in [0.2, 0.25) is 0 Å². The molecule has 0 radical (unpaired) electrons. The molecule has 158 valence electrons. The van der Waals surface area contributed by atoms with Gasteiger partial charge < -0.3 is 9.47 Å². The minimum atomic E-state index is 0.152. The van der Waals surface area contributed by atoms with Crippen LogP contribution in [0.15, 0.2) is 109 Å². The summed E-state index contributed by atoms with van der Waals surface area (Å²) in [4.78, 5) is 13.7. The highest BCUT2D eigenvalue weighted by Crippen LogP contribution is 2.32. The van der Waals surface area contributed by atoms with E-state index in [-0.39, 0.29) is 12.0 Å². The lowest BCUT2D eigenvalue weighted by Crippen LogP contribution is -2.06. The van der Waals surface area contributed by atoms with Gasteiger partial charge in [-0.15, -0.1) is 4.98 Å². The van der Waals surface area contributed by atoms with E-state index < -0.39 is 0 Å². The predicted molar refractivity (Wildman–Crippen MR) is 127 cm³/mol. The van der Waals surface area contributed by atoms with Gasteiger partial charge in [0.05, 0.1) is 11.0 Å². The molecule has 0 amide bonds. The lowest BCUT2D eigenvalue weighted by molar-refractivity contribution is 0.396. The quantitative estimate of drug-likeness (QED) is 0.310. The number of aromatic nitrogens is 4. The van der Waals surface area contributed by atoms with E-state index in [1.165, 1.54) is 0 Å². The molecule has 0 atom stereocenters. The van der Waals surface area contributed by atoms with E-state index in [2.05, 4.69) is 39.2 Å². The molecular formula is C27H18N4O2. The van der Waals surface area contributed by atoms with Gasteiger partial charge in [-0.25, -0.2) is 0 Å². The summed E-state index contributed by atoms with van der Waals surface area (Å²) in [6.07, 6.45) is 0. The van der Waals surface area contributed by atoms with Crippen LogP contribution in [0.4, 0.5) is 0 Å². The maximum Gasteiger partial charge on any atom is 0.330 e. The summed E-state index contributed by atoms with van der Waals surface area (Å²) in [5.74, 6) is 1.67. The number of ether oxygens (including phenoxy) is 2. The molecule has 0 aliphatic carbocycles. The van der Waals surface area contributed by atoms with Crippen LogP contribution < -0.4 is 9.47 Å². The SMILES string of the molecule is c1ccc(Oc2nc(Oc3ccccc3)nc(-n3c4ccccc4c4ccccc43)n2)cc1. The molecule has 6 rings (SSSR count). The number of para-hydroxylation sites is 4. The Morgan fingerprint density at radius 2 is 0.879 bits per heavy atom. The maximum absolute atomic E-state index is 5.96. The first kappa shape index (κ1) is 19.0. The van der Waals surface area contributed by atoms with Gasteiger partial charge in [-0.05, 0) is 36.4 Å². The van der Waals surface area contributed by atoms with Gasteiger partial charge in [-0.2, -0.15) is 9.97 Å². The van der Waals surface area contributed by atoms with E-state index in [0.29, 0.717) is 17.4 Å². The fraction of sp³-hybridized carbons (Fsp3) is 0. The summed E-state index contributed by atoms with van der Waals surface area (Å²) >= 11 is 0. The largest absolute Gasteiger partial charge is 0.424 e. The van der Waals surface area contributed by atoms with E-state index in [0.717, 1.165) is 21.8 Å². The Morgan fingerprint density at radius 1 is 0.455 bits per heavy atom. The van der Waals surface area contributed by atoms with Crippen molar-refractivity contribution in [2.75, 3.05) is 0 Å². The van der Waals surface area contributed by atoms with Crippen LogP contribution >= 0.6 is 0 Å². The molecule has 0 saturated carbocycles. The number of benzene rings is 4. The molecule has 0 aliphatic heterocycles. The maximum atomic E-state index is 5.96. The zero-order valence-electron chi connectivity index (χ0n) is 17.5. The lowest BCUT2D eigenvalue weighted by atomic mass is 10.2. The number of hydrogen-bond donors (Lipinski definition) is 0. The lowest BCUT2D eigenvalue weighted by Gasteiger charge is -2.11. The standard InChI is InChI=1S/C27H18N4O2/c1-3-11-19(12-4-1)32-26-28-25(29-27(30-26)33-20-13-5-2-6-14-20)31-23-17-9-7-15-21(23)22-16-8-10-18-24(22)31/h1-18H. The van der Waals surface area contributed by atoms with Crippen molar-refractivity contribution in [3.8, 4) is 29.5 Å². The molecule has 6 nitrogen and oxygen atoms in total. The zero-order chi connectivity index (χ0) is 22.0. The highest BCUT2D eigenvalue weighted by Gasteiger charge is 2.17. The van der Waals surface area contributed by atoms with Crippen molar-refractivity contribution in [2.45, 2.75) is 0 Å². The zero-order valence-corrected chi connectivity index (χ0v) is 17.5. The summed E-state index contributed by atoms with van der Waals surface area (Å²) in [6.45, 7) is 0. The summed E-state index contributed by atoms with van der Waals surface area (Å²) in [6, 6.07) is 35.5. The third-order valence-electron chi connectivity index (χ3n) is 5.27. The number of hydrogen-bond acceptors (Lipinski definition) is 5. The average Bonchev–Trinajstić information content (AvgIpc) is 3.20. The topological polar surface area (TPSA) is 62.1 Å². The van der Waals surface area contributed by atoms with Gasteiger partial charge in [-0.3, -0.25) is 4.57 Å². The average molecular weight is 430 g/mol. The van der Waals surface area contributed by atoms with Crippen LogP contribution in [0, 0.1) is 0 Å². The summed E-state index contributed by atoms with van der Waals surface area (Å²) < 4.78 is 13.9. The van der Waals surface area contributed by atoms with Crippen molar-refractivity contribution in [2.24, 2.45) is 0 Å². The van der Waals surface area contributed by atoms with Gasteiger partial charge in [0.2, 0.25) is 5.95 Å². The van der Waals surface area contributed by atoms with Gasteiger partial charge >= 0.3 is 12.0 Å². The predicted octanol–water partition coefficient (Wildman–Crippen LogP) is 6.55. The van der Waals surface area contributed by atoms with Crippen LogP contribution in [0.1, 0.15) is 0 Å². The minimum absolute atomic E-state index is 0.152. The van der Waals surface area contributed by atoms with Gasteiger partial charge in [0.1, 0.15) is 11.5 Å². The van der Waals surface area contributed by atoms with E-state index >= 15 is 0 Å². The second kappa shape index (κ2) is 8.09. The fourth-order valence-corrected chi connectivity index (χ4v) is 3.85. The second-order valence-electron chi connectivity index (χ2n) is 7.40. The Morgan fingerprint density at radius 3 is 1.36 bits per heavy atom. The molecule has 0 aliphatic rings. The monoisotopic (exact) mass is 430 g/mol. The molecule has 0 unspecified atom stereocenters. The van der Waals surface area contributed by atoms with E-state index in [9.17, 15) is 0 Å². The summed E-state index contributed by atoms with van der Waals surface area (Å²) in [5.41, 5.74) is 1.97. The molecule has 0 spiro atoms. The first-order valence-electron chi connectivity index (χ1n) is 10.6. The number of nitrogens with zero attached hydrogens (tertiary/aromatic N) is 4. The van der Waals surface area contributed by atoms with E-state index in [1.807, 2.05) is 89.5 Å². The molecule has 2 aromatic heterocycles. The molecule has 33 heavy (non-hydrogen) atoms. The molecule has 6 heteroatoms. The Bertz CT molecular complexity index is 1450. The molecule has 6 aromatic rings. The molecule has 2 heterocycles. The number of rotatable bonds is 5. The second-order valence-corrected chi connectivity index (χ2v) is 7.40. The van der Waals surface area contributed by atoms with Crippen molar-refractivity contribution in [1.29, 1.82) is 0 Å². The van der Waals surface area contributed by atoms with Gasteiger partial charge in [-0.1, -0.05) is 72.8 Å². The molecule has 4 aromatic carbocycles. The Labute approximate surface area is 189 Å². The molecule has 0 N–H and O–H groups in total. The smallest absolute Gasteiger partial charge is 0.330 e. The Hall–Kier alpha value is -4.71. The first-order valence-corrected chi connectivity index (χ1v) is 10.6. The van der Waals surface area contributed by atoms with Crippen molar-refractivity contribution in [1.82, 2.24) is 19.5 Å². The van der Waals surface area contributed by atoms with Gasteiger partial charge in [0.15, 0.2) is 0 Å². The fourth-order valence-electron chi connectivity index (χ4n) is 3.85. The van der Waals surface area contributed by atoms with Crippen molar-refractivity contribution in [3.63, 3.8) is 0 Å². The van der Waals surface area contributed by atoms with Crippen LogP contribution in [0.25, 0.3) is 27.8 Å². The highest BCUT2D eigenvalue weighted by atomic mass is 16.5. The number of fused-ring (bicyclic) bond motifs is 3. The van der Waals surface area contributed by atoms with Crippen molar-refractivity contribution >= 4 is 21.8 Å². The van der Waals surface area contributed by atoms with Crippen LogP contribution in [-0.2, 0) is 0 Å². The first-order chi connectivity index (χ1) is 16.3. The minimum Gasteiger partial charge on any atom is -0.424 e. The van der Waals surface area contributed by atoms with E-state index in [1.54, 1.807) is 0 Å². The molecular weight excluding hydrogens is 412 g/mol. The highest BCUT2D eigenvalue weighted by molar-refractivity contribution is 6.08. The Balaban J connectivity index is 1.55. The van der Waals surface area contributed by atoms with Crippen LogP contribution in [-0.4, -0.2) is 19.5 Å². The van der Waals surface area contributed by atoms with Gasteiger partial charge in [0.25, 0.3) is 0 Å². The van der Waals surface area contributed by atoms with E-state index in [4.69, 9.17) is 9.47 Å².